The molecule has 9 heteroatoms. The van der Waals surface area contributed by atoms with Crippen molar-refractivity contribution in [3.8, 4) is 22.8 Å². The van der Waals surface area contributed by atoms with Gasteiger partial charge in [-0.3, -0.25) is 17.1 Å². The van der Waals surface area contributed by atoms with Gasteiger partial charge in [0, 0.05) is 29.9 Å². The quantitative estimate of drug-likeness (QED) is 0.102. The summed E-state index contributed by atoms with van der Waals surface area (Å²) in [6.07, 6.45) is 2.55. The summed E-state index contributed by atoms with van der Waals surface area (Å²) in [5, 5.41) is 8.08. The van der Waals surface area contributed by atoms with Crippen LogP contribution in [0, 0.1) is 26.2 Å². The van der Waals surface area contributed by atoms with Crippen molar-refractivity contribution in [3.05, 3.63) is 101 Å². The summed E-state index contributed by atoms with van der Waals surface area (Å²) in [7, 11) is 0. The highest BCUT2D eigenvalue weighted by Gasteiger charge is 2.15. The lowest BCUT2D eigenvalue weighted by molar-refractivity contribution is 0.462. The number of rotatable bonds is 7. The van der Waals surface area contributed by atoms with Gasteiger partial charge in [-0.25, -0.2) is 15.0 Å². The smallest absolute Gasteiger partial charge is 0.219 e. The number of hydrogen-bond acceptors (Lipinski definition) is 7. The molecular weight excluding hydrogens is 488 g/mol. The summed E-state index contributed by atoms with van der Waals surface area (Å²) >= 11 is 0. The first-order chi connectivity index (χ1) is 18.8. The number of pyridine rings is 2. The van der Waals surface area contributed by atoms with Gasteiger partial charge in [0.25, 0.3) is 0 Å². The Kier molecular flexibility index (Phi) is 8.33. The van der Waals surface area contributed by atoms with Crippen LogP contribution in [0.15, 0.2) is 66.9 Å². The maximum absolute atomic E-state index is 8.08. The second-order valence-electron chi connectivity index (χ2n) is 9.31. The number of fused-ring (bicyclic) bond motifs is 1. The number of benzene rings is 2. The number of amidine groups is 1. The average Bonchev–Trinajstić information content (AvgIpc) is 3.27. The van der Waals surface area contributed by atoms with Crippen molar-refractivity contribution >= 4 is 17.0 Å². The highest BCUT2D eigenvalue weighted by Crippen LogP contribution is 2.31. The SMILES string of the molecule is CCc1nc2c(C)cc(C)nc2n1Cc1ccc(-c2cc(Oc3cc(C)ccn3)ccc2C(=N)N)cc1.NN. The van der Waals surface area contributed by atoms with Gasteiger partial charge in [-0.1, -0.05) is 31.2 Å². The third-order valence-electron chi connectivity index (χ3n) is 6.42. The van der Waals surface area contributed by atoms with E-state index < -0.39 is 0 Å². The third kappa shape index (κ3) is 5.95. The van der Waals surface area contributed by atoms with Gasteiger partial charge >= 0.3 is 0 Å². The maximum Gasteiger partial charge on any atom is 0.219 e. The number of nitrogen functional groups attached to an aromatic ring is 1. The average molecular weight is 523 g/mol. The van der Waals surface area contributed by atoms with Crippen molar-refractivity contribution in [2.75, 3.05) is 0 Å². The van der Waals surface area contributed by atoms with Crippen LogP contribution in [0.3, 0.4) is 0 Å². The molecule has 0 fully saturated rings. The first-order valence-corrected chi connectivity index (χ1v) is 12.7. The van der Waals surface area contributed by atoms with E-state index in [4.69, 9.17) is 25.8 Å². The second kappa shape index (κ2) is 11.8. The predicted molar refractivity (Wildman–Crippen MR) is 156 cm³/mol. The molecule has 0 saturated heterocycles. The molecule has 0 spiro atoms. The summed E-state index contributed by atoms with van der Waals surface area (Å²) in [5.74, 6) is 10.2. The fourth-order valence-corrected chi connectivity index (χ4v) is 4.60. The van der Waals surface area contributed by atoms with Gasteiger partial charge < -0.3 is 15.0 Å². The van der Waals surface area contributed by atoms with Gasteiger partial charge in [-0.15, -0.1) is 0 Å². The van der Waals surface area contributed by atoms with Crippen molar-refractivity contribution in [1.82, 2.24) is 19.5 Å². The number of aromatic nitrogens is 4. The molecule has 5 aromatic rings. The van der Waals surface area contributed by atoms with E-state index in [-0.39, 0.29) is 5.84 Å². The molecule has 200 valence electrons. The number of ether oxygens (including phenoxy) is 1. The number of nitrogens with one attached hydrogen (secondary N) is 1. The van der Waals surface area contributed by atoms with Gasteiger partial charge in [0.2, 0.25) is 5.88 Å². The zero-order chi connectivity index (χ0) is 28.1. The maximum atomic E-state index is 8.08. The molecule has 0 bridgehead atoms. The van der Waals surface area contributed by atoms with Gasteiger partial charge in [-0.2, -0.15) is 0 Å². The first-order valence-electron chi connectivity index (χ1n) is 12.7. The van der Waals surface area contributed by atoms with Crippen molar-refractivity contribution < 1.29 is 4.74 Å². The van der Waals surface area contributed by atoms with E-state index >= 15 is 0 Å². The Morgan fingerprint density at radius 1 is 0.949 bits per heavy atom. The molecular formula is C30H34N8O. The molecule has 0 aliphatic rings. The zero-order valence-corrected chi connectivity index (χ0v) is 22.7. The van der Waals surface area contributed by atoms with Crippen LogP contribution in [-0.2, 0) is 13.0 Å². The van der Waals surface area contributed by atoms with Crippen LogP contribution in [-0.4, -0.2) is 25.4 Å². The van der Waals surface area contributed by atoms with Gasteiger partial charge in [-0.05, 0) is 78.9 Å². The Balaban J connectivity index is 0.00000172. The van der Waals surface area contributed by atoms with E-state index in [1.807, 2.05) is 44.2 Å². The number of hydrogen-bond donors (Lipinski definition) is 4. The molecule has 3 heterocycles. The Morgan fingerprint density at radius 3 is 2.36 bits per heavy atom. The van der Waals surface area contributed by atoms with Crippen LogP contribution in [0.2, 0.25) is 0 Å². The summed E-state index contributed by atoms with van der Waals surface area (Å²) in [5.41, 5.74) is 14.6. The topological polar surface area (TPSA) is 155 Å². The molecule has 3 aromatic heterocycles. The Morgan fingerprint density at radius 2 is 1.69 bits per heavy atom. The van der Waals surface area contributed by atoms with E-state index in [1.54, 1.807) is 6.20 Å². The molecule has 0 unspecified atom stereocenters. The lowest BCUT2D eigenvalue weighted by Crippen LogP contribution is -2.12. The number of imidazole rings is 1. The largest absolute Gasteiger partial charge is 0.439 e. The molecule has 2 aromatic carbocycles. The Bertz CT molecular complexity index is 1620. The van der Waals surface area contributed by atoms with Gasteiger partial charge in [0.1, 0.15) is 22.9 Å². The Labute approximate surface area is 228 Å². The summed E-state index contributed by atoms with van der Waals surface area (Å²) < 4.78 is 8.20. The third-order valence-corrected chi connectivity index (χ3v) is 6.42. The monoisotopic (exact) mass is 522 g/mol. The van der Waals surface area contributed by atoms with Crippen molar-refractivity contribution in [2.24, 2.45) is 17.4 Å². The number of aryl methyl sites for hydroxylation is 4. The van der Waals surface area contributed by atoms with Crippen LogP contribution in [0.25, 0.3) is 22.3 Å². The molecule has 9 nitrogen and oxygen atoms in total. The molecule has 0 radical (unpaired) electrons. The highest BCUT2D eigenvalue weighted by molar-refractivity contribution is 6.01. The van der Waals surface area contributed by atoms with Crippen molar-refractivity contribution in [2.45, 2.75) is 40.7 Å². The summed E-state index contributed by atoms with van der Waals surface area (Å²) in [6, 6.07) is 19.7. The normalized spacial score (nSPS) is 10.7. The van der Waals surface area contributed by atoms with Crippen LogP contribution in [0.1, 0.15) is 40.7 Å². The molecule has 0 aliphatic heterocycles. The molecule has 0 amide bonds. The molecule has 5 rings (SSSR count). The standard InChI is InChI=1S/C30H30N6O.H4N2/c1-5-26-35-28-19(3)15-20(4)34-30(28)36(26)17-21-6-8-22(9-7-21)25-16-23(10-11-24(25)29(31)32)37-27-14-18(2)12-13-33-27;1-2/h6-16H,5,17H2,1-4H3,(H3,31,32);1-2H2. The molecule has 0 atom stereocenters. The number of hydrazine groups is 1. The van der Waals surface area contributed by atoms with Gasteiger partial charge in [0.05, 0.1) is 6.54 Å². The summed E-state index contributed by atoms with van der Waals surface area (Å²) in [4.78, 5) is 13.9. The van der Waals surface area contributed by atoms with E-state index in [2.05, 4.69) is 65.4 Å². The lowest BCUT2D eigenvalue weighted by atomic mass is 9.97. The van der Waals surface area contributed by atoms with E-state index in [0.29, 0.717) is 23.7 Å². The van der Waals surface area contributed by atoms with Crippen LogP contribution in [0.5, 0.6) is 11.6 Å². The minimum atomic E-state index is 0.00796. The van der Waals surface area contributed by atoms with E-state index in [0.717, 1.165) is 56.9 Å². The fourth-order valence-electron chi connectivity index (χ4n) is 4.60. The number of nitrogens with two attached hydrogens (primary N) is 3. The molecule has 0 aliphatic carbocycles. The minimum absolute atomic E-state index is 0.00796. The molecule has 7 N–H and O–H groups in total. The minimum Gasteiger partial charge on any atom is -0.439 e. The lowest BCUT2D eigenvalue weighted by Gasteiger charge is -2.13. The van der Waals surface area contributed by atoms with E-state index in [1.165, 1.54) is 0 Å². The second-order valence-corrected chi connectivity index (χ2v) is 9.31. The van der Waals surface area contributed by atoms with Crippen LogP contribution in [0.4, 0.5) is 0 Å². The van der Waals surface area contributed by atoms with Crippen LogP contribution < -0.4 is 22.2 Å². The number of nitrogens with zero attached hydrogens (tertiary/aromatic N) is 4. The zero-order valence-electron chi connectivity index (χ0n) is 22.7. The van der Waals surface area contributed by atoms with Crippen LogP contribution >= 0.6 is 0 Å². The molecule has 39 heavy (non-hydrogen) atoms. The van der Waals surface area contributed by atoms with Crippen molar-refractivity contribution in [1.29, 1.82) is 5.41 Å². The van der Waals surface area contributed by atoms with Crippen molar-refractivity contribution in [3.63, 3.8) is 0 Å². The predicted octanol–water partition coefficient (Wildman–Crippen LogP) is 4.92. The fraction of sp³-hybridized carbons (Fsp3) is 0.200. The molecule has 0 saturated carbocycles. The van der Waals surface area contributed by atoms with E-state index in [9.17, 15) is 0 Å². The van der Waals surface area contributed by atoms with Gasteiger partial charge in [0.15, 0.2) is 5.65 Å². The highest BCUT2D eigenvalue weighted by atomic mass is 16.5. The summed E-state index contributed by atoms with van der Waals surface area (Å²) in [6.45, 7) is 8.89. The Hall–Kier alpha value is -4.60. The first kappa shape index (κ1) is 27.4.